The predicted molar refractivity (Wildman–Crippen MR) is 74.3 cm³/mol. The monoisotopic (exact) mass is 260 g/mol. The van der Waals surface area contributed by atoms with Gasteiger partial charge in [-0.25, -0.2) is 0 Å². The molecule has 1 heterocycles. The predicted octanol–water partition coefficient (Wildman–Crippen LogP) is 1.79. The molecule has 0 aromatic rings. The van der Waals surface area contributed by atoms with Crippen molar-refractivity contribution in [3.8, 4) is 0 Å². The van der Waals surface area contributed by atoms with E-state index in [4.69, 9.17) is 5.73 Å². The Bertz CT molecular complexity index is 400. The number of nitrogens with two attached hydrogens (primary N) is 1. The van der Waals surface area contributed by atoms with Crippen LogP contribution in [0, 0.1) is 29.6 Å². The molecule has 3 heteroatoms. The molecule has 5 aliphatic rings. The van der Waals surface area contributed by atoms with E-state index in [1.165, 1.54) is 32.1 Å². The first kappa shape index (κ1) is 12.0. The van der Waals surface area contributed by atoms with E-state index in [0.29, 0.717) is 6.54 Å². The zero-order chi connectivity index (χ0) is 13.0. The van der Waals surface area contributed by atoms with Gasteiger partial charge in [0.25, 0.3) is 0 Å². The van der Waals surface area contributed by atoms with Crippen molar-refractivity contribution in [2.24, 2.45) is 35.3 Å². The lowest BCUT2D eigenvalue weighted by Crippen LogP contribution is -2.50. The second-order valence-corrected chi connectivity index (χ2v) is 7.45. The maximum absolute atomic E-state index is 11.6. The fourth-order valence-corrected chi connectivity index (χ4v) is 5.60. The van der Waals surface area contributed by atoms with E-state index in [-0.39, 0.29) is 5.78 Å². The molecule has 1 aliphatic heterocycles. The van der Waals surface area contributed by atoms with Crippen LogP contribution in [0.2, 0.25) is 0 Å². The first-order chi connectivity index (χ1) is 9.17. The summed E-state index contributed by atoms with van der Waals surface area (Å²) in [7, 11) is 0. The van der Waals surface area contributed by atoms with E-state index in [1.54, 1.807) is 6.08 Å². The van der Waals surface area contributed by atoms with E-state index in [9.17, 15) is 4.79 Å². The number of rotatable bonds is 2. The average molecular weight is 260 g/mol. The Labute approximate surface area is 115 Å². The lowest BCUT2D eigenvalue weighted by atomic mass is 9.52. The van der Waals surface area contributed by atoms with Crippen LogP contribution in [0.3, 0.4) is 0 Å². The second kappa shape index (κ2) is 4.34. The first-order valence-corrected chi connectivity index (χ1v) is 7.88. The lowest BCUT2D eigenvalue weighted by Gasteiger charge is -2.55. The van der Waals surface area contributed by atoms with Crippen molar-refractivity contribution in [3.63, 3.8) is 0 Å². The first-order valence-electron chi connectivity index (χ1n) is 7.88. The normalized spacial score (nSPS) is 45.6. The molecule has 0 aromatic carbocycles. The van der Waals surface area contributed by atoms with Gasteiger partial charge in [-0.2, -0.15) is 0 Å². The van der Waals surface area contributed by atoms with E-state index >= 15 is 0 Å². The Kier molecular flexibility index (Phi) is 2.73. The van der Waals surface area contributed by atoms with Gasteiger partial charge in [0.1, 0.15) is 0 Å². The Morgan fingerprint density at radius 2 is 1.68 bits per heavy atom. The van der Waals surface area contributed by atoms with Crippen molar-refractivity contribution in [2.75, 3.05) is 19.6 Å². The number of carbonyl (C=O) groups excluding carboxylic acids is 1. The largest absolute Gasteiger partial charge is 0.401 e. The molecule has 0 radical (unpaired) electrons. The molecular weight excluding hydrogens is 236 g/mol. The summed E-state index contributed by atoms with van der Waals surface area (Å²) in [5.74, 6) is 4.98. The third-order valence-electron chi connectivity index (χ3n) is 6.02. The highest BCUT2D eigenvalue weighted by molar-refractivity contribution is 5.92. The molecule has 0 spiro atoms. The van der Waals surface area contributed by atoms with Crippen molar-refractivity contribution >= 4 is 5.78 Å². The number of hydrogen-bond donors (Lipinski definition) is 1. The van der Waals surface area contributed by atoms with Crippen LogP contribution in [0.15, 0.2) is 11.8 Å². The molecule has 4 fully saturated rings. The van der Waals surface area contributed by atoms with Crippen LogP contribution < -0.4 is 5.73 Å². The van der Waals surface area contributed by atoms with Crippen LogP contribution in [-0.2, 0) is 4.79 Å². The van der Waals surface area contributed by atoms with Gasteiger partial charge < -0.3 is 5.73 Å². The fraction of sp³-hybridized carbons (Fsp3) is 0.812. The standard InChI is InChI=1S/C16H24N2O/c17-14-6-15(19)8-18(7-14)9-16-12-2-10-1-11(4-12)5-13(16)3-10/h6,10-13,16H,1-5,7-9,17H2. The molecule has 0 saturated heterocycles. The zero-order valence-corrected chi connectivity index (χ0v) is 11.6. The van der Waals surface area contributed by atoms with Gasteiger partial charge in [0.15, 0.2) is 5.78 Å². The summed E-state index contributed by atoms with van der Waals surface area (Å²) >= 11 is 0. The molecule has 3 nitrogen and oxygen atoms in total. The van der Waals surface area contributed by atoms with Crippen LogP contribution >= 0.6 is 0 Å². The zero-order valence-electron chi connectivity index (χ0n) is 11.6. The van der Waals surface area contributed by atoms with E-state index in [2.05, 4.69) is 4.90 Å². The van der Waals surface area contributed by atoms with Gasteiger partial charge in [0.2, 0.25) is 0 Å². The Morgan fingerprint density at radius 3 is 2.26 bits per heavy atom. The highest BCUT2D eigenvalue weighted by atomic mass is 16.1. The van der Waals surface area contributed by atoms with E-state index in [1.807, 2.05) is 0 Å². The SMILES string of the molecule is NC1=CC(=O)CN(CC2C3CC4CC(C3)CC2C4)C1. The smallest absolute Gasteiger partial charge is 0.171 e. The van der Waals surface area contributed by atoms with Crippen molar-refractivity contribution in [1.82, 2.24) is 4.90 Å². The molecule has 0 amide bonds. The average Bonchev–Trinajstić information content (AvgIpc) is 2.31. The van der Waals surface area contributed by atoms with E-state index < -0.39 is 0 Å². The quantitative estimate of drug-likeness (QED) is 0.823. The molecule has 0 aromatic heterocycles. The minimum Gasteiger partial charge on any atom is -0.401 e. The van der Waals surface area contributed by atoms with Crippen molar-refractivity contribution < 1.29 is 4.79 Å². The molecular formula is C16H24N2O. The van der Waals surface area contributed by atoms with Crippen LogP contribution in [0.1, 0.15) is 32.1 Å². The van der Waals surface area contributed by atoms with Gasteiger partial charge in [0, 0.05) is 24.9 Å². The highest BCUT2D eigenvalue weighted by Gasteiger charge is 2.48. The molecule has 4 saturated carbocycles. The Morgan fingerprint density at radius 1 is 1.05 bits per heavy atom. The summed E-state index contributed by atoms with van der Waals surface area (Å²) in [4.78, 5) is 13.9. The van der Waals surface area contributed by atoms with Gasteiger partial charge in [-0.15, -0.1) is 0 Å². The fourth-order valence-electron chi connectivity index (χ4n) is 5.60. The van der Waals surface area contributed by atoms with Crippen molar-refractivity contribution in [3.05, 3.63) is 11.8 Å². The molecule has 4 aliphatic carbocycles. The molecule has 19 heavy (non-hydrogen) atoms. The number of ketones is 1. The molecule has 0 unspecified atom stereocenters. The molecule has 2 N–H and O–H groups in total. The van der Waals surface area contributed by atoms with Gasteiger partial charge in [-0.05, 0) is 61.7 Å². The number of hydrogen-bond acceptors (Lipinski definition) is 3. The topological polar surface area (TPSA) is 46.3 Å². The molecule has 5 rings (SSSR count). The van der Waals surface area contributed by atoms with Crippen LogP contribution in [0.4, 0.5) is 0 Å². The van der Waals surface area contributed by atoms with Crippen molar-refractivity contribution in [1.29, 1.82) is 0 Å². The van der Waals surface area contributed by atoms with Gasteiger partial charge in [-0.1, -0.05) is 0 Å². The number of carbonyl (C=O) groups is 1. The summed E-state index contributed by atoms with van der Waals surface area (Å²) in [6.07, 6.45) is 8.98. The summed E-state index contributed by atoms with van der Waals surface area (Å²) in [5, 5.41) is 0. The maximum Gasteiger partial charge on any atom is 0.171 e. The summed E-state index contributed by atoms with van der Waals surface area (Å²) < 4.78 is 0. The third-order valence-corrected chi connectivity index (χ3v) is 6.02. The Hall–Kier alpha value is -0.830. The Balaban J connectivity index is 1.46. The van der Waals surface area contributed by atoms with Gasteiger partial charge >= 0.3 is 0 Å². The van der Waals surface area contributed by atoms with Crippen LogP contribution in [0.25, 0.3) is 0 Å². The molecule has 4 bridgehead atoms. The number of nitrogens with zero attached hydrogens (tertiary/aromatic N) is 1. The third kappa shape index (κ3) is 2.12. The summed E-state index contributed by atoms with van der Waals surface area (Å²) in [6, 6.07) is 0. The minimum absolute atomic E-state index is 0.188. The van der Waals surface area contributed by atoms with Crippen LogP contribution in [0.5, 0.6) is 0 Å². The highest BCUT2D eigenvalue weighted by Crippen LogP contribution is 2.56. The molecule has 0 atom stereocenters. The summed E-state index contributed by atoms with van der Waals surface area (Å²) in [5.41, 5.74) is 6.61. The maximum atomic E-state index is 11.6. The summed E-state index contributed by atoms with van der Waals surface area (Å²) in [6.45, 7) is 2.49. The molecule has 104 valence electrons. The van der Waals surface area contributed by atoms with Crippen molar-refractivity contribution in [2.45, 2.75) is 32.1 Å². The lowest BCUT2D eigenvalue weighted by molar-refractivity contribution is -0.117. The van der Waals surface area contributed by atoms with Crippen LogP contribution in [-0.4, -0.2) is 30.3 Å². The van der Waals surface area contributed by atoms with Gasteiger partial charge in [-0.3, -0.25) is 9.69 Å². The minimum atomic E-state index is 0.188. The second-order valence-electron chi connectivity index (χ2n) is 7.45. The van der Waals surface area contributed by atoms with Gasteiger partial charge in [0.05, 0.1) is 6.54 Å². The van der Waals surface area contributed by atoms with E-state index in [0.717, 1.165) is 48.4 Å².